The van der Waals surface area contributed by atoms with Crippen LogP contribution in [0.25, 0.3) is 0 Å². The van der Waals surface area contributed by atoms with Gasteiger partial charge < -0.3 is 20.8 Å². The van der Waals surface area contributed by atoms with Gasteiger partial charge in [0.15, 0.2) is 0 Å². The fourth-order valence-electron chi connectivity index (χ4n) is 2.42. The third-order valence-corrected chi connectivity index (χ3v) is 4.54. The summed E-state index contributed by atoms with van der Waals surface area (Å²) < 4.78 is 12.1. The van der Waals surface area contributed by atoms with Gasteiger partial charge in [-0.1, -0.05) is 6.07 Å². The Morgan fingerprint density at radius 3 is 2.15 bits per heavy atom. The molecule has 0 amide bonds. The molecule has 1 aliphatic heterocycles. The minimum Gasteiger partial charge on any atom is -0.403 e. The average molecular weight is 276 g/mol. The van der Waals surface area contributed by atoms with Gasteiger partial charge in [0, 0.05) is 18.6 Å². The van der Waals surface area contributed by atoms with Crippen LogP contribution in [-0.4, -0.2) is 18.3 Å². The van der Waals surface area contributed by atoms with Crippen LogP contribution in [0.5, 0.6) is 0 Å². The van der Waals surface area contributed by atoms with E-state index in [2.05, 4.69) is 33.8 Å². The van der Waals surface area contributed by atoms with Crippen LogP contribution in [0.4, 0.5) is 5.69 Å². The van der Waals surface area contributed by atoms with Crippen molar-refractivity contribution >= 4 is 12.8 Å². The lowest BCUT2D eigenvalue weighted by Crippen LogP contribution is -2.41. The minimum absolute atomic E-state index is 0.244. The van der Waals surface area contributed by atoms with E-state index >= 15 is 0 Å². The Bertz CT molecular complexity index is 499. The molecule has 0 unspecified atom stereocenters. The van der Waals surface area contributed by atoms with E-state index in [1.165, 1.54) is 0 Å². The van der Waals surface area contributed by atoms with Gasteiger partial charge in [0.2, 0.25) is 0 Å². The molecule has 0 radical (unpaired) electrons. The molecular formula is C15H25BN2O2. The average Bonchev–Trinajstić information content (AvgIpc) is 2.53. The molecule has 0 aliphatic carbocycles. The quantitative estimate of drug-likeness (QED) is 0.656. The van der Waals surface area contributed by atoms with Crippen LogP contribution in [-0.2, 0) is 22.2 Å². The van der Waals surface area contributed by atoms with Crippen molar-refractivity contribution in [1.29, 1.82) is 0 Å². The third-order valence-electron chi connectivity index (χ3n) is 4.54. The first-order chi connectivity index (χ1) is 9.16. The van der Waals surface area contributed by atoms with Crippen molar-refractivity contribution in [1.82, 2.24) is 0 Å². The van der Waals surface area contributed by atoms with E-state index in [4.69, 9.17) is 20.8 Å². The van der Waals surface area contributed by atoms with Gasteiger partial charge in [-0.3, -0.25) is 0 Å². The van der Waals surface area contributed by atoms with Crippen molar-refractivity contribution in [2.75, 3.05) is 5.73 Å². The van der Waals surface area contributed by atoms with Crippen molar-refractivity contribution in [2.24, 2.45) is 5.73 Å². The molecule has 1 aromatic rings. The van der Waals surface area contributed by atoms with Crippen LogP contribution in [0.15, 0.2) is 12.1 Å². The number of nitrogen functional groups attached to an aromatic ring is 1. The lowest BCUT2D eigenvalue weighted by Gasteiger charge is -2.32. The van der Waals surface area contributed by atoms with Gasteiger partial charge in [-0.25, -0.2) is 0 Å². The largest absolute Gasteiger partial charge is 0.462 e. The van der Waals surface area contributed by atoms with Gasteiger partial charge in [0.1, 0.15) is 0 Å². The summed E-state index contributed by atoms with van der Waals surface area (Å²) in [6.45, 7) is 10.8. The molecule has 0 atom stereocenters. The maximum Gasteiger partial charge on any atom is 0.462 e. The van der Waals surface area contributed by atoms with Crippen LogP contribution in [0.3, 0.4) is 0 Å². The van der Waals surface area contributed by atoms with E-state index in [1.54, 1.807) is 0 Å². The summed E-state index contributed by atoms with van der Waals surface area (Å²) in [5, 5.41) is 0. The zero-order chi connectivity index (χ0) is 15.1. The monoisotopic (exact) mass is 276 g/mol. The highest BCUT2D eigenvalue weighted by molar-refractivity contribution is 6.45. The van der Waals surface area contributed by atoms with E-state index in [-0.39, 0.29) is 18.3 Å². The first-order valence-corrected chi connectivity index (χ1v) is 7.10. The lowest BCUT2D eigenvalue weighted by molar-refractivity contribution is 0.00578. The summed E-state index contributed by atoms with van der Waals surface area (Å²) in [6.07, 6.45) is 0.691. The molecular weight excluding hydrogens is 251 g/mol. The maximum absolute atomic E-state index is 6.04. The predicted molar refractivity (Wildman–Crippen MR) is 83.3 cm³/mol. The van der Waals surface area contributed by atoms with Gasteiger partial charge >= 0.3 is 7.12 Å². The molecule has 5 heteroatoms. The van der Waals surface area contributed by atoms with E-state index in [1.807, 2.05) is 13.0 Å². The molecule has 0 bridgehead atoms. The summed E-state index contributed by atoms with van der Waals surface area (Å²) in [5.41, 5.74) is 15.2. The highest BCUT2D eigenvalue weighted by Crippen LogP contribution is 2.37. The van der Waals surface area contributed by atoms with Crippen molar-refractivity contribution in [3.63, 3.8) is 0 Å². The van der Waals surface area contributed by atoms with Gasteiger partial charge in [-0.2, -0.15) is 0 Å². The number of anilines is 1. The van der Waals surface area contributed by atoms with Crippen molar-refractivity contribution in [3.05, 3.63) is 28.8 Å². The second kappa shape index (κ2) is 5.06. The maximum atomic E-state index is 6.04. The summed E-state index contributed by atoms with van der Waals surface area (Å²) in [6, 6.07) is 4.03. The van der Waals surface area contributed by atoms with Crippen LogP contribution < -0.4 is 11.5 Å². The first kappa shape index (κ1) is 15.4. The summed E-state index contributed by atoms with van der Waals surface area (Å²) in [4.78, 5) is 0. The second-order valence-electron chi connectivity index (χ2n) is 6.56. The van der Waals surface area contributed by atoms with E-state index in [9.17, 15) is 0 Å². The second-order valence-corrected chi connectivity index (χ2v) is 6.56. The zero-order valence-electron chi connectivity index (χ0n) is 13.1. The fraction of sp³-hybridized carbons (Fsp3) is 0.600. The van der Waals surface area contributed by atoms with Crippen molar-refractivity contribution in [3.8, 4) is 0 Å². The molecule has 20 heavy (non-hydrogen) atoms. The molecule has 1 aromatic carbocycles. The Labute approximate surface area is 122 Å². The SMILES string of the molecule is Cc1c(N)cc(CN)cc1CB1OC(C)(C)C(C)(C)O1. The minimum atomic E-state index is -0.303. The lowest BCUT2D eigenvalue weighted by atomic mass is 9.78. The number of hydrogen-bond donors (Lipinski definition) is 2. The molecule has 1 saturated heterocycles. The molecule has 4 nitrogen and oxygen atoms in total. The molecule has 4 N–H and O–H groups in total. The van der Waals surface area contributed by atoms with Gasteiger partial charge in [-0.05, 0) is 57.4 Å². The zero-order valence-corrected chi connectivity index (χ0v) is 13.1. The molecule has 2 rings (SSSR count). The van der Waals surface area contributed by atoms with Crippen LogP contribution in [0.1, 0.15) is 44.4 Å². The fourth-order valence-corrected chi connectivity index (χ4v) is 2.42. The smallest absolute Gasteiger partial charge is 0.403 e. The number of nitrogens with two attached hydrogens (primary N) is 2. The number of rotatable bonds is 3. The Morgan fingerprint density at radius 2 is 1.65 bits per heavy atom. The number of benzene rings is 1. The third kappa shape index (κ3) is 2.71. The van der Waals surface area contributed by atoms with Crippen LogP contribution in [0.2, 0.25) is 0 Å². The van der Waals surface area contributed by atoms with Crippen molar-refractivity contribution < 1.29 is 9.31 Å². The summed E-state index contributed by atoms with van der Waals surface area (Å²) in [5.74, 6) is 0. The molecule has 1 fully saturated rings. The summed E-state index contributed by atoms with van der Waals surface area (Å²) in [7, 11) is -0.244. The van der Waals surface area contributed by atoms with Gasteiger partial charge in [-0.15, -0.1) is 0 Å². The molecule has 0 spiro atoms. The molecule has 110 valence electrons. The molecule has 1 heterocycles. The van der Waals surface area contributed by atoms with Crippen LogP contribution >= 0.6 is 0 Å². The summed E-state index contributed by atoms with van der Waals surface area (Å²) >= 11 is 0. The van der Waals surface area contributed by atoms with E-state index < -0.39 is 0 Å². The van der Waals surface area contributed by atoms with Crippen LogP contribution in [0, 0.1) is 6.92 Å². The highest BCUT2D eigenvalue weighted by Gasteiger charge is 2.50. The van der Waals surface area contributed by atoms with Gasteiger partial charge in [0.05, 0.1) is 11.2 Å². The topological polar surface area (TPSA) is 70.5 Å². The predicted octanol–water partition coefficient (Wildman–Crippen LogP) is 2.21. The molecule has 0 aromatic heterocycles. The van der Waals surface area contributed by atoms with Crippen molar-refractivity contribution in [2.45, 2.75) is 58.7 Å². The Morgan fingerprint density at radius 1 is 1.10 bits per heavy atom. The standard InChI is InChI=1S/C15H25BN2O2/c1-10-12(6-11(9-17)7-13(10)18)8-16-19-14(2,3)15(4,5)20-16/h6-7H,8-9,17-18H2,1-5H3. The van der Waals surface area contributed by atoms with E-state index in [0.29, 0.717) is 12.9 Å². The van der Waals surface area contributed by atoms with Gasteiger partial charge in [0.25, 0.3) is 0 Å². The van der Waals surface area contributed by atoms with E-state index in [0.717, 1.165) is 22.4 Å². The highest BCUT2D eigenvalue weighted by atomic mass is 16.7. The molecule has 1 aliphatic rings. The number of hydrogen-bond acceptors (Lipinski definition) is 4. The Balaban J connectivity index is 2.22. The molecule has 0 saturated carbocycles. The first-order valence-electron chi connectivity index (χ1n) is 7.10. The normalized spacial score (nSPS) is 20.4. The Kier molecular flexibility index (Phi) is 3.89. The Hall–Kier alpha value is -1.04.